The van der Waals surface area contributed by atoms with Gasteiger partial charge < -0.3 is 4.90 Å². The first kappa shape index (κ1) is 16.0. The van der Waals surface area contributed by atoms with Crippen LogP contribution >= 0.6 is 11.3 Å². The van der Waals surface area contributed by atoms with Crippen LogP contribution in [0, 0.1) is 5.82 Å². The molecule has 0 unspecified atom stereocenters. The van der Waals surface area contributed by atoms with Crippen molar-refractivity contribution in [2.75, 3.05) is 6.54 Å². The summed E-state index contributed by atoms with van der Waals surface area (Å²) in [6, 6.07) is 9.08. The van der Waals surface area contributed by atoms with E-state index in [9.17, 15) is 9.18 Å². The third kappa shape index (κ3) is 2.98. The predicted molar refractivity (Wildman–Crippen MR) is 96.1 cm³/mol. The average molecular weight is 355 g/mol. The van der Waals surface area contributed by atoms with Gasteiger partial charge in [0.25, 0.3) is 5.91 Å². The van der Waals surface area contributed by atoms with Crippen molar-refractivity contribution in [1.82, 2.24) is 14.7 Å². The van der Waals surface area contributed by atoms with Crippen LogP contribution in [0.1, 0.15) is 27.9 Å². The molecule has 0 aliphatic carbocycles. The van der Waals surface area contributed by atoms with Crippen LogP contribution in [0.2, 0.25) is 0 Å². The van der Waals surface area contributed by atoms with Crippen molar-refractivity contribution in [2.24, 2.45) is 0 Å². The molecule has 4 nitrogen and oxygen atoms in total. The Balaban J connectivity index is 1.55. The molecule has 0 bridgehead atoms. The first-order valence-electron chi connectivity index (χ1n) is 8.33. The molecule has 0 saturated heterocycles. The lowest BCUT2D eigenvalue weighted by Gasteiger charge is -2.27. The number of nitrogens with zero attached hydrogens (tertiary/aromatic N) is 3. The number of amides is 1. The summed E-state index contributed by atoms with van der Waals surface area (Å²) in [6.45, 7) is 3.88. The lowest BCUT2D eigenvalue weighted by Crippen LogP contribution is -2.38. The number of thiophene rings is 1. The van der Waals surface area contributed by atoms with Gasteiger partial charge in [-0.1, -0.05) is 19.1 Å². The van der Waals surface area contributed by atoms with Gasteiger partial charge in [0.15, 0.2) is 0 Å². The molecule has 128 valence electrons. The molecule has 6 heteroatoms. The maximum absolute atomic E-state index is 14.0. The second-order valence-electron chi connectivity index (χ2n) is 6.13. The monoisotopic (exact) mass is 355 g/mol. The SMILES string of the molecule is CCc1ccc(-c2csc(C(=O)N3CCn4nccc4C3)c2)cc1F. The molecule has 0 N–H and O–H groups in total. The Hall–Kier alpha value is -2.47. The maximum atomic E-state index is 14.0. The lowest BCUT2D eigenvalue weighted by molar-refractivity contribution is 0.0711. The molecule has 1 aromatic carbocycles. The summed E-state index contributed by atoms with van der Waals surface area (Å²) in [7, 11) is 0. The van der Waals surface area contributed by atoms with Crippen molar-refractivity contribution < 1.29 is 9.18 Å². The summed E-state index contributed by atoms with van der Waals surface area (Å²) in [5, 5.41) is 6.15. The first-order chi connectivity index (χ1) is 12.2. The largest absolute Gasteiger partial charge is 0.330 e. The minimum atomic E-state index is -0.191. The second-order valence-corrected chi connectivity index (χ2v) is 7.04. The Morgan fingerprint density at radius 1 is 1.24 bits per heavy atom. The number of benzene rings is 1. The molecule has 1 amide bonds. The van der Waals surface area contributed by atoms with Gasteiger partial charge in [0.1, 0.15) is 5.82 Å². The molecule has 25 heavy (non-hydrogen) atoms. The smallest absolute Gasteiger partial charge is 0.264 e. The minimum Gasteiger partial charge on any atom is -0.330 e. The fraction of sp³-hybridized carbons (Fsp3) is 0.263. The number of carbonyl (C=O) groups excluding carboxylic acids is 1. The number of rotatable bonds is 3. The molecular weight excluding hydrogens is 337 g/mol. The average Bonchev–Trinajstić information content (AvgIpc) is 3.29. The van der Waals surface area contributed by atoms with E-state index in [0.29, 0.717) is 30.0 Å². The highest BCUT2D eigenvalue weighted by Gasteiger charge is 2.23. The molecule has 0 spiro atoms. The molecule has 0 radical (unpaired) electrons. The first-order valence-corrected chi connectivity index (χ1v) is 9.21. The van der Waals surface area contributed by atoms with Crippen LogP contribution in [0.15, 0.2) is 41.9 Å². The Morgan fingerprint density at radius 2 is 2.12 bits per heavy atom. The highest BCUT2D eigenvalue weighted by atomic mass is 32.1. The van der Waals surface area contributed by atoms with Crippen LogP contribution in [-0.2, 0) is 19.5 Å². The van der Waals surface area contributed by atoms with Crippen LogP contribution in [0.5, 0.6) is 0 Å². The predicted octanol–water partition coefficient (Wildman–Crippen LogP) is 3.97. The summed E-state index contributed by atoms with van der Waals surface area (Å²) >= 11 is 1.41. The molecule has 3 heterocycles. The molecule has 0 atom stereocenters. The van der Waals surface area contributed by atoms with Crippen molar-refractivity contribution >= 4 is 17.2 Å². The van der Waals surface area contributed by atoms with Gasteiger partial charge in [0, 0.05) is 12.7 Å². The zero-order valence-electron chi connectivity index (χ0n) is 13.9. The third-order valence-corrected chi connectivity index (χ3v) is 5.52. The van der Waals surface area contributed by atoms with E-state index in [1.807, 2.05) is 46.2 Å². The minimum absolute atomic E-state index is 0.0225. The van der Waals surface area contributed by atoms with Crippen LogP contribution in [0.4, 0.5) is 4.39 Å². The van der Waals surface area contributed by atoms with Crippen LogP contribution in [-0.4, -0.2) is 27.1 Å². The van der Waals surface area contributed by atoms with Crippen LogP contribution in [0.3, 0.4) is 0 Å². The number of hydrogen-bond acceptors (Lipinski definition) is 3. The van der Waals surface area contributed by atoms with Crippen molar-refractivity contribution in [1.29, 1.82) is 0 Å². The lowest BCUT2D eigenvalue weighted by atomic mass is 10.0. The van der Waals surface area contributed by atoms with Gasteiger partial charge in [0.2, 0.25) is 0 Å². The second kappa shape index (κ2) is 6.44. The van der Waals surface area contributed by atoms with Crippen molar-refractivity contribution in [2.45, 2.75) is 26.4 Å². The van der Waals surface area contributed by atoms with E-state index in [4.69, 9.17) is 0 Å². The van der Waals surface area contributed by atoms with Gasteiger partial charge in [0.05, 0.1) is 23.7 Å². The van der Waals surface area contributed by atoms with E-state index in [0.717, 1.165) is 23.4 Å². The Kier molecular flexibility index (Phi) is 4.13. The number of aryl methyl sites for hydroxylation is 1. The van der Waals surface area contributed by atoms with Gasteiger partial charge in [-0.15, -0.1) is 11.3 Å². The fourth-order valence-electron chi connectivity index (χ4n) is 3.13. The van der Waals surface area contributed by atoms with Crippen molar-refractivity contribution in [3.63, 3.8) is 0 Å². The molecule has 4 rings (SSSR count). The van der Waals surface area contributed by atoms with Crippen LogP contribution in [0.25, 0.3) is 11.1 Å². The molecule has 2 aromatic heterocycles. The van der Waals surface area contributed by atoms with Gasteiger partial charge in [-0.05, 0) is 46.7 Å². The summed E-state index contributed by atoms with van der Waals surface area (Å²) in [5.74, 6) is -0.169. The third-order valence-electron chi connectivity index (χ3n) is 4.60. The molecular formula is C19H18FN3OS. The number of aromatic nitrogens is 2. The highest BCUT2D eigenvalue weighted by Crippen LogP contribution is 2.28. The normalized spacial score (nSPS) is 13.8. The Labute approximate surface area is 149 Å². The fourth-order valence-corrected chi connectivity index (χ4v) is 4.01. The molecule has 1 aliphatic rings. The highest BCUT2D eigenvalue weighted by molar-refractivity contribution is 7.12. The van der Waals surface area contributed by atoms with E-state index in [2.05, 4.69) is 5.10 Å². The van der Waals surface area contributed by atoms with Gasteiger partial charge in [-0.3, -0.25) is 9.48 Å². The zero-order chi connectivity index (χ0) is 17.4. The quantitative estimate of drug-likeness (QED) is 0.713. The van der Waals surface area contributed by atoms with E-state index in [-0.39, 0.29) is 11.7 Å². The number of hydrogen-bond donors (Lipinski definition) is 0. The van der Waals surface area contributed by atoms with Gasteiger partial charge in [-0.2, -0.15) is 5.10 Å². The summed E-state index contributed by atoms with van der Waals surface area (Å²) in [5.41, 5.74) is 3.45. The molecule has 0 fully saturated rings. The Bertz CT molecular complexity index is 930. The molecule has 3 aromatic rings. The van der Waals surface area contributed by atoms with Crippen molar-refractivity contribution in [3.8, 4) is 11.1 Å². The number of fused-ring (bicyclic) bond motifs is 1. The Morgan fingerprint density at radius 3 is 2.92 bits per heavy atom. The summed E-state index contributed by atoms with van der Waals surface area (Å²) < 4.78 is 16.0. The van der Waals surface area contributed by atoms with E-state index >= 15 is 0 Å². The summed E-state index contributed by atoms with van der Waals surface area (Å²) in [6.07, 6.45) is 2.44. The zero-order valence-corrected chi connectivity index (χ0v) is 14.7. The number of halogens is 1. The molecule has 0 saturated carbocycles. The maximum Gasteiger partial charge on any atom is 0.264 e. The van der Waals surface area contributed by atoms with E-state index in [1.54, 1.807) is 12.3 Å². The summed E-state index contributed by atoms with van der Waals surface area (Å²) in [4.78, 5) is 15.3. The topological polar surface area (TPSA) is 38.1 Å². The van der Waals surface area contributed by atoms with Crippen LogP contribution < -0.4 is 0 Å². The van der Waals surface area contributed by atoms with E-state index in [1.165, 1.54) is 11.3 Å². The number of carbonyl (C=O) groups is 1. The molecule has 1 aliphatic heterocycles. The van der Waals surface area contributed by atoms with E-state index < -0.39 is 0 Å². The standard InChI is InChI=1S/C19H18FN3OS/c1-2-13-3-4-14(9-17(13)20)15-10-18(25-12-15)19(24)22-7-8-23-16(11-22)5-6-21-23/h3-6,9-10,12H,2,7-8,11H2,1H3. The van der Waals surface area contributed by atoms with Gasteiger partial charge >= 0.3 is 0 Å². The van der Waals surface area contributed by atoms with Crippen molar-refractivity contribution in [3.05, 3.63) is 63.9 Å². The van der Waals surface area contributed by atoms with Gasteiger partial charge in [-0.25, -0.2) is 4.39 Å².